The molecule has 28 heavy (non-hydrogen) atoms. The number of carboxylic acids is 1. The van der Waals surface area contributed by atoms with Gasteiger partial charge in [-0.15, -0.1) is 0 Å². The zero-order valence-electron chi connectivity index (χ0n) is 15.1. The highest BCUT2D eigenvalue weighted by molar-refractivity contribution is 6.32. The molecule has 144 valence electrons. The van der Waals surface area contributed by atoms with Gasteiger partial charge in [0.1, 0.15) is 0 Å². The maximum atomic E-state index is 11.2. The maximum Gasteiger partial charge on any atom is 0.254 e. The first-order valence-corrected chi connectivity index (χ1v) is 8.61. The molecule has 0 saturated heterocycles. The molecule has 1 aromatic heterocycles. The second-order valence-corrected chi connectivity index (χ2v) is 6.14. The van der Waals surface area contributed by atoms with Gasteiger partial charge in [0.15, 0.2) is 11.5 Å². The first-order valence-electron chi connectivity index (χ1n) is 8.23. The van der Waals surface area contributed by atoms with Crippen LogP contribution in [0.2, 0.25) is 5.02 Å². The normalized spacial score (nSPS) is 11.3. The second kappa shape index (κ2) is 8.58. The molecule has 0 saturated carbocycles. The number of ether oxygens (including phenoxy) is 2. The highest BCUT2D eigenvalue weighted by Gasteiger charge is 2.16. The first kappa shape index (κ1) is 19.4. The summed E-state index contributed by atoms with van der Waals surface area (Å²) in [6.45, 7) is 0. The minimum atomic E-state index is -1.27. The third-order valence-corrected chi connectivity index (χ3v) is 4.26. The van der Waals surface area contributed by atoms with Gasteiger partial charge in [-0.25, -0.2) is 0 Å². The van der Waals surface area contributed by atoms with Crippen LogP contribution in [0.4, 0.5) is 0 Å². The number of methoxy groups -OCH3 is 2. The fraction of sp³-hybridized carbons (Fsp3) is 0.150. The van der Waals surface area contributed by atoms with E-state index in [1.54, 1.807) is 48.5 Å². The van der Waals surface area contributed by atoms with Crippen LogP contribution in [0.1, 0.15) is 17.9 Å². The zero-order chi connectivity index (χ0) is 20.1. The largest absolute Gasteiger partial charge is 0.550 e. The number of carboxylic acid groups (broad SMARTS) is 1. The lowest BCUT2D eigenvalue weighted by Crippen LogP contribution is -2.22. The standard InChI is InChI=1S/C20H17ClN2O5/c1-26-16-8-7-13(10-17(16)27-2)19-22-20(28-23-19)14(11-18(24)25)9-12-5-3-4-6-15(12)21/h3-10H,11H2,1-2H3,(H,24,25)/p-1/b14-9+. The topological polar surface area (TPSA) is 97.5 Å². The highest BCUT2D eigenvalue weighted by atomic mass is 35.5. The number of aliphatic carboxylic acids is 1. The van der Waals surface area contributed by atoms with Crippen molar-refractivity contribution in [2.45, 2.75) is 6.42 Å². The summed E-state index contributed by atoms with van der Waals surface area (Å²) in [5.74, 6) is 0.136. The average molecular weight is 400 g/mol. The quantitative estimate of drug-likeness (QED) is 0.602. The Morgan fingerprint density at radius 1 is 1.18 bits per heavy atom. The fourth-order valence-corrected chi connectivity index (χ4v) is 2.76. The SMILES string of the molecule is COc1ccc(-c2noc(/C(=C/c3ccccc3Cl)CC(=O)[O-])n2)cc1OC. The van der Waals surface area contributed by atoms with Crippen molar-refractivity contribution in [2.24, 2.45) is 0 Å². The van der Waals surface area contributed by atoms with Crippen molar-refractivity contribution in [1.29, 1.82) is 0 Å². The molecule has 0 aliphatic carbocycles. The summed E-state index contributed by atoms with van der Waals surface area (Å²) >= 11 is 6.16. The van der Waals surface area contributed by atoms with Gasteiger partial charge < -0.3 is 23.9 Å². The Morgan fingerprint density at radius 2 is 1.93 bits per heavy atom. The number of hydrogen-bond acceptors (Lipinski definition) is 7. The Morgan fingerprint density at radius 3 is 2.61 bits per heavy atom. The number of carbonyl (C=O) groups excluding carboxylic acids is 1. The van der Waals surface area contributed by atoms with Gasteiger partial charge in [-0.2, -0.15) is 4.98 Å². The van der Waals surface area contributed by atoms with Crippen molar-refractivity contribution in [3.8, 4) is 22.9 Å². The van der Waals surface area contributed by atoms with E-state index in [4.69, 9.17) is 25.6 Å². The van der Waals surface area contributed by atoms with Crippen LogP contribution in [0.5, 0.6) is 11.5 Å². The van der Waals surface area contributed by atoms with Crippen molar-refractivity contribution in [2.75, 3.05) is 14.2 Å². The summed E-state index contributed by atoms with van der Waals surface area (Å²) in [7, 11) is 3.06. The van der Waals surface area contributed by atoms with E-state index in [0.717, 1.165) is 0 Å². The predicted molar refractivity (Wildman–Crippen MR) is 102 cm³/mol. The highest BCUT2D eigenvalue weighted by Crippen LogP contribution is 2.32. The molecule has 0 amide bonds. The number of rotatable bonds is 7. The van der Waals surface area contributed by atoms with Gasteiger partial charge in [0.2, 0.25) is 5.82 Å². The van der Waals surface area contributed by atoms with Gasteiger partial charge in [0, 0.05) is 28.5 Å². The van der Waals surface area contributed by atoms with Crippen molar-refractivity contribution in [1.82, 2.24) is 10.1 Å². The number of aromatic nitrogens is 2. The van der Waals surface area contributed by atoms with Gasteiger partial charge in [-0.3, -0.25) is 0 Å². The molecule has 1 heterocycles. The van der Waals surface area contributed by atoms with E-state index in [1.807, 2.05) is 0 Å². The Bertz CT molecular complexity index is 1030. The molecular weight excluding hydrogens is 384 g/mol. The lowest BCUT2D eigenvalue weighted by Gasteiger charge is -2.07. The molecule has 0 bridgehead atoms. The first-order chi connectivity index (χ1) is 13.5. The number of carbonyl (C=O) groups is 1. The third kappa shape index (κ3) is 4.32. The molecule has 7 nitrogen and oxygen atoms in total. The van der Waals surface area contributed by atoms with Gasteiger partial charge in [-0.05, 0) is 35.9 Å². The van der Waals surface area contributed by atoms with Crippen LogP contribution in [0, 0.1) is 0 Å². The predicted octanol–water partition coefficient (Wildman–Crippen LogP) is 3.09. The summed E-state index contributed by atoms with van der Waals surface area (Å²) in [4.78, 5) is 15.5. The summed E-state index contributed by atoms with van der Waals surface area (Å²) in [5.41, 5.74) is 1.54. The number of benzene rings is 2. The molecule has 0 aliphatic rings. The van der Waals surface area contributed by atoms with E-state index in [9.17, 15) is 9.90 Å². The van der Waals surface area contributed by atoms with Gasteiger partial charge >= 0.3 is 0 Å². The van der Waals surface area contributed by atoms with Crippen LogP contribution in [-0.4, -0.2) is 30.3 Å². The van der Waals surface area contributed by atoms with Crippen molar-refractivity contribution < 1.29 is 23.9 Å². The molecule has 0 fully saturated rings. The van der Waals surface area contributed by atoms with Crippen molar-refractivity contribution >= 4 is 29.2 Å². The van der Waals surface area contributed by atoms with Crippen LogP contribution in [-0.2, 0) is 4.79 Å². The van der Waals surface area contributed by atoms with E-state index in [1.165, 1.54) is 14.2 Å². The van der Waals surface area contributed by atoms with Gasteiger partial charge in [0.25, 0.3) is 5.89 Å². The smallest absolute Gasteiger partial charge is 0.254 e. The third-order valence-electron chi connectivity index (χ3n) is 3.91. The Balaban J connectivity index is 1.99. The Hall–Kier alpha value is -3.32. The van der Waals surface area contributed by atoms with E-state index < -0.39 is 12.4 Å². The van der Waals surface area contributed by atoms with Crippen LogP contribution >= 0.6 is 11.6 Å². The molecule has 0 spiro atoms. The lowest BCUT2D eigenvalue weighted by atomic mass is 10.1. The van der Waals surface area contributed by atoms with Gasteiger partial charge in [-0.1, -0.05) is 35.0 Å². The van der Waals surface area contributed by atoms with Crippen LogP contribution in [0.15, 0.2) is 47.0 Å². The lowest BCUT2D eigenvalue weighted by molar-refractivity contribution is -0.304. The fourth-order valence-electron chi connectivity index (χ4n) is 2.57. The summed E-state index contributed by atoms with van der Waals surface area (Å²) in [6, 6.07) is 12.2. The summed E-state index contributed by atoms with van der Waals surface area (Å²) < 4.78 is 15.8. The van der Waals surface area contributed by atoms with Crippen LogP contribution in [0.3, 0.4) is 0 Å². The number of nitrogens with zero attached hydrogens (tertiary/aromatic N) is 2. The Kier molecular flexibility index (Phi) is 5.96. The molecular formula is C20H16ClN2O5-. The average Bonchev–Trinajstić information content (AvgIpc) is 3.18. The monoisotopic (exact) mass is 399 g/mol. The van der Waals surface area contributed by atoms with Crippen molar-refractivity contribution in [3.63, 3.8) is 0 Å². The second-order valence-electron chi connectivity index (χ2n) is 5.73. The van der Waals surface area contributed by atoms with Crippen LogP contribution in [0.25, 0.3) is 23.0 Å². The van der Waals surface area contributed by atoms with E-state index in [-0.39, 0.29) is 17.3 Å². The molecule has 0 aliphatic heterocycles. The van der Waals surface area contributed by atoms with E-state index >= 15 is 0 Å². The molecule has 0 unspecified atom stereocenters. The number of halogens is 1. The molecule has 0 N–H and O–H groups in total. The molecule has 2 aromatic carbocycles. The maximum absolute atomic E-state index is 11.2. The molecule has 0 atom stereocenters. The summed E-state index contributed by atoms with van der Waals surface area (Å²) in [6.07, 6.45) is 1.18. The van der Waals surface area contributed by atoms with Gasteiger partial charge in [0.05, 0.1) is 14.2 Å². The zero-order valence-corrected chi connectivity index (χ0v) is 15.9. The van der Waals surface area contributed by atoms with Crippen molar-refractivity contribution in [3.05, 3.63) is 58.9 Å². The van der Waals surface area contributed by atoms with E-state index in [0.29, 0.717) is 27.6 Å². The molecule has 8 heteroatoms. The minimum Gasteiger partial charge on any atom is -0.550 e. The van der Waals surface area contributed by atoms with Crippen LogP contribution < -0.4 is 14.6 Å². The van der Waals surface area contributed by atoms with E-state index in [2.05, 4.69) is 10.1 Å². The molecule has 3 aromatic rings. The Labute approximate surface area is 166 Å². The molecule has 3 rings (SSSR count). The summed E-state index contributed by atoms with van der Waals surface area (Å²) in [5, 5.41) is 15.6. The molecule has 0 radical (unpaired) electrons. The number of hydrogen-bond donors (Lipinski definition) is 0. The minimum absolute atomic E-state index is 0.0638.